The summed E-state index contributed by atoms with van der Waals surface area (Å²) < 4.78 is 10.9. The number of carbonyl (C=O) groups excluding carboxylic acids is 1. The molecule has 152 valence electrons. The van der Waals surface area contributed by atoms with Crippen LogP contribution >= 0.6 is 0 Å². The van der Waals surface area contributed by atoms with E-state index in [4.69, 9.17) is 9.15 Å². The normalized spacial score (nSPS) is 10.7. The number of carbonyl (C=O) groups is 1. The molecule has 0 aliphatic rings. The van der Waals surface area contributed by atoms with E-state index in [0.717, 1.165) is 42.1 Å². The minimum Gasteiger partial charge on any atom is -0.467 e. The molecule has 0 atom stereocenters. The van der Waals surface area contributed by atoms with E-state index in [0.29, 0.717) is 18.8 Å². The van der Waals surface area contributed by atoms with Crippen LogP contribution in [-0.4, -0.2) is 19.5 Å². The highest BCUT2D eigenvalue weighted by Crippen LogP contribution is 2.17. The highest BCUT2D eigenvalue weighted by Gasteiger charge is 2.08. The zero-order chi connectivity index (χ0) is 20.5. The van der Waals surface area contributed by atoms with Gasteiger partial charge in [0, 0.05) is 30.5 Å². The molecule has 0 saturated heterocycles. The summed E-state index contributed by atoms with van der Waals surface area (Å²) in [6.07, 6.45) is 3.95. The van der Waals surface area contributed by atoms with Gasteiger partial charge in [-0.3, -0.25) is 4.79 Å². The third kappa shape index (κ3) is 6.22. The Balaban J connectivity index is 1.54. The smallest absolute Gasteiger partial charge is 0.255 e. The van der Waals surface area contributed by atoms with Crippen LogP contribution in [-0.2, 0) is 18.0 Å². The summed E-state index contributed by atoms with van der Waals surface area (Å²) in [6.45, 7) is 4.06. The van der Waals surface area contributed by atoms with Crippen LogP contribution in [0.4, 0.5) is 11.4 Å². The number of anilines is 2. The van der Waals surface area contributed by atoms with E-state index in [-0.39, 0.29) is 5.91 Å². The topological polar surface area (TPSA) is 54.7 Å². The van der Waals surface area contributed by atoms with Gasteiger partial charge in [0.1, 0.15) is 12.4 Å². The number of nitrogens with zero attached hydrogens (tertiary/aromatic N) is 1. The van der Waals surface area contributed by atoms with Crippen molar-refractivity contribution in [2.75, 3.05) is 23.8 Å². The first kappa shape index (κ1) is 20.7. The summed E-state index contributed by atoms with van der Waals surface area (Å²) in [5, 5.41) is 2.96. The molecule has 0 radical (unpaired) electrons. The maximum atomic E-state index is 12.6. The average molecular weight is 392 g/mol. The molecule has 5 nitrogen and oxygen atoms in total. The summed E-state index contributed by atoms with van der Waals surface area (Å²) in [4.78, 5) is 14.8. The molecule has 1 amide bonds. The van der Waals surface area contributed by atoms with Crippen molar-refractivity contribution in [2.45, 2.75) is 33.0 Å². The molecule has 1 heterocycles. The number of benzene rings is 2. The second kappa shape index (κ2) is 10.5. The number of unbranched alkanes of at least 4 members (excludes halogenated alkanes) is 1. The fraction of sp³-hybridized carbons (Fsp3) is 0.292. The standard InChI is InChI=1S/C24H28N2O3/c1-3-4-14-26(2)22-12-10-20(11-13-22)24(27)25-21-8-5-7-19(16-21)17-28-18-23-9-6-15-29-23/h5-13,15-16H,3-4,14,17-18H2,1-2H3,(H,25,27). The molecule has 0 aliphatic carbocycles. The van der Waals surface area contributed by atoms with Gasteiger partial charge in [-0.25, -0.2) is 0 Å². The summed E-state index contributed by atoms with van der Waals surface area (Å²) in [7, 11) is 2.07. The number of hydrogen-bond acceptors (Lipinski definition) is 4. The van der Waals surface area contributed by atoms with Crippen molar-refractivity contribution in [1.29, 1.82) is 0 Å². The molecule has 1 N–H and O–H groups in total. The maximum Gasteiger partial charge on any atom is 0.255 e. The van der Waals surface area contributed by atoms with E-state index in [1.807, 2.05) is 60.7 Å². The van der Waals surface area contributed by atoms with Crippen LogP contribution in [0.5, 0.6) is 0 Å². The van der Waals surface area contributed by atoms with Gasteiger partial charge in [-0.1, -0.05) is 25.5 Å². The highest BCUT2D eigenvalue weighted by atomic mass is 16.5. The first-order chi connectivity index (χ1) is 14.2. The van der Waals surface area contributed by atoms with Crippen LogP contribution in [0.3, 0.4) is 0 Å². The van der Waals surface area contributed by atoms with E-state index in [2.05, 4.69) is 24.2 Å². The van der Waals surface area contributed by atoms with Crippen molar-refractivity contribution in [3.63, 3.8) is 0 Å². The van der Waals surface area contributed by atoms with Crippen molar-refractivity contribution in [1.82, 2.24) is 0 Å². The molecule has 3 rings (SSSR count). The molecule has 0 aliphatic heterocycles. The Morgan fingerprint density at radius 2 is 1.90 bits per heavy atom. The monoisotopic (exact) mass is 392 g/mol. The lowest BCUT2D eigenvalue weighted by molar-refractivity contribution is 0.0929. The van der Waals surface area contributed by atoms with Gasteiger partial charge in [0.15, 0.2) is 0 Å². The van der Waals surface area contributed by atoms with Crippen LogP contribution in [0, 0.1) is 0 Å². The quantitative estimate of drug-likeness (QED) is 0.496. The summed E-state index contributed by atoms with van der Waals surface area (Å²) in [5.41, 5.74) is 3.49. The van der Waals surface area contributed by atoms with E-state index in [9.17, 15) is 4.79 Å². The minimum atomic E-state index is -0.124. The highest BCUT2D eigenvalue weighted by molar-refractivity contribution is 6.04. The maximum absolute atomic E-state index is 12.6. The van der Waals surface area contributed by atoms with Gasteiger partial charge in [-0.2, -0.15) is 0 Å². The molecular formula is C24H28N2O3. The molecule has 2 aromatic carbocycles. The van der Waals surface area contributed by atoms with Gasteiger partial charge in [-0.15, -0.1) is 0 Å². The van der Waals surface area contributed by atoms with Gasteiger partial charge < -0.3 is 19.4 Å². The first-order valence-corrected chi connectivity index (χ1v) is 9.97. The number of ether oxygens (including phenoxy) is 1. The molecule has 1 aromatic heterocycles. The van der Waals surface area contributed by atoms with Crippen LogP contribution in [0.25, 0.3) is 0 Å². The van der Waals surface area contributed by atoms with Gasteiger partial charge in [0.05, 0.1) is 12.9 Å². The fourth-order valence-electron chi connectivity index (χ4n) is 3.00. The largest absolute Gasteiger partial charge is 0.467 e. The molecule has 29 heavy (non-hydrogen) atoms. The van der Waals surface area contributed by atoms with E-state index in [1.165, 1.54) is 0 Å². The third-order valence-corrected chi connectivity index (χ3v) is 4.70. The molecule has 0 spiro atoms. The fourth-order valence-corrected chi connectivity index (χ4v) is 3.00. The number of rotatable bonds is 10. The Morgan fingerprint density at radius 1 is 1.07 bits per heavy atom. The van der Waals surface area contributed by atoms with Crippen LogP contribution in [0.15, 0.2) is 71.3 Å². The Morgan fingerprint density at radius 3 is 2.62 bits per heavy atom. The minimum absolute atomic E-state index is 0.124. The van der Waals surface area contributed by atoms with Crippen LogP contribution < -0.4 is 10.2 Å². The van der Waals surface area contributed by atoms with E-state index in [1.54, 1.807) is 6.26 Å². The van der Waals surface area contributed by atoms with Gasteiger partial charge >= 0.3 is 0 Å². The predicted octanol–water partition coefficient (Wildman–Crippen LogP) is 5.49. The Kier molecular flexibility index (Phi) is 7.47. The zero-order valence-electron chi connectivity index (χ0n) is 17.1. The Bertz CT molecular complexity index is 889. The van der Waals surface area contributed by atoms with Crippen molar-refractivity contribution in [3.8, 4) is 0 Å². The molecule has 0 saturated carbocycles. The average Bonchev–Trinajstić information content (AvgIpc) is 3.26. The number of nitrogens with one attached hydrogen (secondary N) is 1. The Hall–Kier alpha value is -3.05. The molecule has 0 bridgehead atoms. The molecule has 5 heteroatoms. The summed E-state index contributed by atoms with van der Waals surface area (Å²) in [6, 6.07) is 19.1. The predicted molar refractivity (Wildman–Crippen MR) is 116 cm³/mol. The van der Waals surface area contributed by atoms with E-state index < -0.39 is 0 Å². The van der Waals surface area contributed by atoms with Crippen molar-refractivity contribution in [2.24, 2.45) is 0 Å². The van der Waals surface area contributed by atoms with Crippen LogP contribution in [0.1, 0.15) is 41.4 Å². The summed E-state index contributed by atoms with van der Waals surface area (Å²) in [5.74, 6) is 0.666. The Labute approximate surface area is 172 Å². The first-order valence-electron chi connectivity index (χ1n) is 9.97. The second-order valence-corrected chi connectivity index (χ2v) is 7.05. The molecular weight excluding hydrogens is 364 g/mol. The lowest BCUT2D eigenvalue weighted by atomic mass is 10.1. The zero-order valence-corrected chi connectivity index (χ0v) is 17.1. The van der Waals surface area contributed by atoms with Crippen molar-refractivity contribution in [3.05, 3.63) is 83.8 Å². The second-order valence-electron chi connectivity index (χ2n) is 7.05. The lowest BCUT2D eigenvalue weighted by Gasteiger charge is -2.19. The molecule has 0 unspecified atom stereocenters. The van der Waals surface area contributed by atoms with Crippen molar-refractivity contribution < 1.29 is 13.9 Å². The molecule has 0 fully saturated rings. The SMILES string of the molecule is CCCCN(C)c1ccc(C(=O)Nc2cccc(COCc3ccco3)c2)cc1. The molecule has 3 aromatic rings. The lowest BCUT2D eigenvalue weighted by Crippen LogP contribution is -2.18. The summed E-state index contributed by atoms with van der Waals surface area (Å²) >= 11 is 0. The number of hydrogen-bond donors (Lipinski definition) is 1. The number of amides is 1. The van der Waals surface area contributed by atoms with Crippen molar-refractivity contribution >= 4 is 17.3 Å². The van der Waals surface area contributed by atoms with Crippen LogP contribution in [0.2, 0.25) is 0 Å². The van der Waals surface area contributed by atoms with Gasteiger partial charge in [0.2, 0.25) is 0 Å². The van der Waals surface area contributed by atoms with Gasteiger partial charge in [-0.05, 0) is 60.5 Å². The number of furan rings is 1. The van der Waals surface area contributed by atoms with Gasteiger partial charge in [0.25, 0.3) is 5.91 Å². The third-order valence-electron chi connectivity index (χ3n) is 4.70. The van der Waals surface area contributed by atoms with E-state index >= 15 is 0 Å².